The van der Waals surface area contributed by atoms with Crippen molar-refractivity contribution in [1.82, 2.24) is 4.90 Å². The van der Waals surface area contributed by atoms with Gasteiger partial charge in [-0.05, 0) is 49.5 Å². The van der Waals surface area contributed by atoms with Crippen molar-refractivity contribution in [2.45, 2.75) is 56.9 Å². The minimum absolute atomic E-state index is 0.109. The van der Waals surface area contributed by atoms with Gasteiger partial charge >= 0.3 is 0 Å². The Morgan fingerprint density at radius 3 is 2.50 bits per heavy atom. The monoisotopic (exact) mass is 326 g/mol. The lowest BCUT2D eigenvalue weighted by Gasteiger charge is -2.44. The van der Waals surface area contributed by atoms with Gasteiger partial charge in [-0.3, -0.25) is 4.79 Å². The molecule has 3 nitrogen and oxygen atoms in total. The maximum Gasteiger partial charge on any atom is 0.225 e. The Kier molecular flexibility index (Phi) is 4.16. The normalized spacial score (nSPS) is 39.0. The third kappa shape index (κ3) is 2.77. The lowest BCUT2D eigenvalue weighted by molar-refractivity contribution is -0.137. The largest absolute Gasteiger partial charge is 0.342 e. The van der Waals surface area contributed by atoms with Crippen LogP contribution in [0.25, 0.3) is 0 Å². The van der Waals surface area contributed by atoms with Crippen LogP contribution in [-0.4, -0.2) is 29.9 Å². The molecule has 130 valence electrons. The van der Waals surface area contributed by atoms with Crippen molar-refractivity contribution >= 4 is 5.91 Å². The fraction of sp³-hybridized carbons (Fsp3) is 0.667. The number of hydrogen-bond acceptors (Lipinski definition) is 2. The van der Waals surface area contributed by atoms with Crippen LogP contribution < -0.4 is 5.73 Å². The van der Waals surface area contributed by atoms with Gasteiger partial charge in [0.15, 0.2) is 0 Å². The zero-order chi connectivity index (χ0) is 16.7. The van der Waals surface area contributed by atoms with Crippen LogP contribution in [0.15, 0.2) is 30.3 Å². The maximum atomic E-state index is 13.1. The van der Waals surface area contributed by atoms with Crippen molar-refractivity contribution in [2.24, 2.45) is 23.5 Å². The molecule has 1 aliphatic heterocycles. The number of benzene rings is 1. The molecule has 0 radical (unpaired) electrons. The van der Waals surface area contributed by atoms with Crippen LogP contribution in [0.3, 0.4) is 0 Å². The number of carbonyl (C=O) groups excluding carboxylic acids is 1. The number of hydrogen-bond donors (Lipinski definition) is 1. The SMILES string of the molecule is CC1(c2ccccc2)CCN(C(=O)C2CC3CCCC(C2)C3N)C1. The molecule has 1 saturated heterocycles. The van der Waals surface area contributed by atoms with Crippen molar-refractivity contribution in [3.05, 3.63) is 35.9 Å². The number of likely N-dealkylation sites (tertiary alicyclic amines) is 1. The van der Waals surface area contributed by atoms with Crippen molar-refractivity contribution < 1.29 is 4.79 Å². The molecule has 1 amide bonds. The number of rotatable bonds is 2. The molecule has 0 spiro atoms. The highest BCUT2D eigenvalue weighted by atomic mass is 16.2. The predicted octanol–water partition coefficient (Wildman–Crippen LogP) is 3.33. The summed E-state index contributed by atoms with van der Waals surface area (Å²) in [5.74, 6) is 1.78. The van der Waals surface area contributed by atoms with Gasteiger partial charge in [-0.15, -0.1) is 0 Å². The van der Waals surface area contributed by atoms with Gasteiger partial charge in [0.1, 0.15) is 0 Å². The quantitative estimate of drug-likeness (QED) is 0.906. The van der Waals surface area contributed by atoms with Crippen LogP contribution in [0.1, 0.15) is 51.0 Å². The minimum atomic E-state index is 0.109. The van der Waals surface area contributed by atoms with Gasteiger partial charge in [0.05, 0.1) is 0 Å². The average Bonchev–Trinajstić information content (AvgIpc) is 2.98. The topological polar surface area (TPSA) is 46.3 Å². The van der Waals surface area contributed by atoms with E-state index < -0.39 is 0 Å². The van der Waals surface area contributed by atoms with E-state index in [9.17, 15) is 4.79 Å². The molecule has 2 saturated carbocycles. The third-order valence-corrected chi connectivity index (χ3v) is 7.02. The van der Waals surface area contributed by atoms with E-state index in [1.165, 1.54) is 24.8 Å². The summed E-state index contributed by atoms with van der Waals surface area (Å²) in [6.07, 6.45) is 6.87. The molecule has 1 aromatic rings. The molecular weight excluding hydrogens is 296 g/mol. The Bertz CT molecular complexity index is 587. The van der Waals surface area contributed by atoms with Gasteiger partial charge < -0.3 is 10.6 Å². The van der Waals surface area contributed by atoms with Crippen LogP contribution in [-0.2, 0) is 10.2 Å². The summed E-state index contributed by atoms with van der Waals surface area (Å²) in [7, 11) is 0. The summed E-state index contributed by atoms with van der Waals surface area (Å²) >= 11 is 0. The maximum absolute atomic E-state index is 13.1. The Morgan fingerprint density at radius 1 is 1.17 bits per heavy atom. The predicted molar refractivity (Wildman–Crippen MR) is 96.5 cm³/mol. The molecule has 24 heavy (non-hydrogen) atoms. The lowest BCUT2D eigenvalue weighted by atomic mass is 9.65. The fourth-order valence-electron chi connectivity index (χ4n) is 5.47. The van der Waals surface area contributed by atoms with Gasteiger partial charge in [0, 0.05) is 30.5 Å². The van der Waals surface area contributed by atoms with Crippen molar-refractivity contribution in [1.29, 1.82) is 0 Å². The van der Waals surface area contributed by atoms with Gasteiger partial charge in [-0.25, -0.2) is 0 Å². The zero-order valence-electron chi connectivity index (χ0n) is 14.8. The first-order chi connectivity index (χ1) is 11.6. The van der Waals surface area contributed by atoms with Gasteiger partial charge in [0.2, 0.25) is 5.91 Å². The summed E-state index contributed by atoms with van der Waals surface area (Å²) in [5.41, 5.74) is 7.87. The number of nitrogens with zero attached hydrogens (tertiary/aromatic N) is 1. The Morgan fingerprint density at radius 2 is 1.83 bits per heavy atom. The van der Waals surface area contributed by atoms with Crippen LogP contribution in [0.2, 0.25) is 0 Å². The smallest absolute Gasteiger partial charge is 0.225 e. The molecule has 3 atom stereocenters. The molecule has 1 aromatic carbocycles. The number of nitrogens with two attached hydrogens (primary N) is 1. The molecule has 3 aliphatic rings. The van der Waals surface area contributed by atoms with E-state index in [0.29, 0.717) is 23.8 Å². The first-order valence-electron chi connectivity index (χ1n) is 9.67. The van der Waals surface area contributed by atoms with E-state index in [1.54, 1.807) is 0 Å². The molecule has 2 N–H and O–H groups in total. The first-order valence-corrected chi connectivity index (χ1v) is 9.67. The van der Waals surface area contributed by atoms with Gasteiger partial charge in [-0.2, -0.15) is 0 Å². The second-order valence-electron chi connectivity index (χ2n) is 8.63. The summed E-state index contributed by atoms with van der Waals surface area (Å²) < 4.78 is 0. The average molecular weight is 326 g/mol. The molecule has 3 unspecified atom stereocenters. The lowest BCUT2D eigenvalue weighted by Crippen LogP contribution is -2.49. The molecule has 0 aromatic heterocycles. The Labute approximate surface area is 145 Å². The molecule has 3 fully saturated rings. The van der Waals surface area contributed by atoms with E-state index in [1.807, 2.05) is 0 Å². The van der Waals surface area contributed by atoms with Crippen LogP contribution in [0, 0.1) is 17.8 Å². The summed E-state index contributed by atoms with van der Waals surface area (Å²) in [6, 6.07) is 11.0. The summed E-state index contributed by atoms with van der Waals surface area (Å²) in [4.78, 5) is 15.3. The minimum Gasteiger partial charge on any atom is -0.342 e. The van der Waals surface area contributed by atoms with E-state index in [4.69, 9.17) is 5.73 Å². The van der Waals surface area contributed by atoms with E-state index in [2.05, 4.69) is 42.2 Å². The molecule has 1 heterocycles. The summed E-state index contributed by atoms with van der Waals surface area (Å²) in [6.45, 7) is 4.08. The van der Waals surface area contributed by atoms with Crippen LogP contribution >= 0.6 is 0 Å². The van der Waals surface area contributed by atoms with Gasteiger partial charge in [0.25, 0.3) is 0 Å². The van der Waals surface area contributed by atoms with E-state index in [0.717, 1.165) is 32.4 Å². The molecule has 2 bridgehead atoms. The number of fused-ring (bicyclic) bond motifs is 2. The second-order valence-corrected chi connectivity index (χ2v) is 8.63. The standard InChI is InChI=1S/C21H30N2O/c1-21(18-8-3-2-4-9-18)10-11-23(14-21)20(24)17-12-15-6-5-7-16(13-17)19(15)22/h2-4,8-9,15-17,19H,5-7,10-14,22H2,1H3. The third-order valence-electron chi connectivity index (χ3n) is 7.02. The van der Waals surface area contributed by atoms with Crippen LogP contribution in [0.4, 0.5) is 0 Å². The van der Waals surface area contributed by atoms with Crippen LogP contribution in [0.5, 0.6) is 0 Å². The highest BCUT2D eigenvalue weighted by molar-refractivity contribution is 5.79. The zero-order valence-corrected chi connectivity index (χ0v) is 14.8. The highest BCUT2D eigenvalue weighted by Gasteiger charge is 2.44. The second kappa shape index (κ2) is 6.18. The number of carbonyl (C=O) groups is 1. The van der Waals surface area contributed by atoms with E-state index in [-0.39, 0.29) is 11.3 Å². The van der Waals surface area contributed by atoms with E-state index >= 15 is 0 Å². The van der Waals surface area contributed by atoms with Gasteiger partial charge in [-0.1, -0.05) is 43.7 Å². The van der Waals surface area contributed by atoms with Crippen molar-refractivity contribution in [2.75, 3.05) is 13.1 Å². The molecule has 3 heteroatoms. The fourth-order valence-corrected chi connectivity index (χ4v) is 5.47. The Balaban J connectivity index is 1.45. The Hall–Kier alpha value is -1.35. The van der Waals surface area contributed by atoms with Crippen molar-refractivity contribution in [3.8, 4) is 0 Å². The van der Waals surface area contributed by atoms with Crippen molar-refractivity contribution in [3.63, 3.8) is 0 Å². The molecule has 2 aliphatic carbocycles. The number of amides is 1. The summed E-state index contributed by atoms with van der Waals surface area (Å²) in [5, 5.41) is 0. The molecule has 4 rings (SSSR count). The first kappa shape index (κ1) is 16.1. The molecular formula is C21H30N2O. The highest BCUT2D eigenvalue weighted by Crippen LogP contribution is 2.43.